The minimum Gasteiger partial charge on any atom is -0.351 e. The van der Waals surface area contributed by atoms with Crippen LogP contribution >= 0.6 is 15.9 Å². The van der Waals surface area contributed by atoms with E-state index in [1.807, 2.05) is 0 Å². The summed E-state index contributed by atoms with van der Waals surface area (Å²) in [6.07, 6.45) is 2.23. The van der Waals surface area contributed by atoms with Crippen molar-refractivity contribution in [2.75, 3.05) is 6.54 Å². The SMILES string of the molecule is O=C(NCC(Br)C1CC1)c1cc(F)c(F)c(F)c1. The van der Waals surface area contributed by atoms with Crippen LogP contribution in [0, 0.1) is 23.4 Å². The van der Waals surface area contributed by atoms with Crippen molar-refractivity contribution in [3.05, 3.63) is 35.1 Å². The average molecular weight is 322 g/mol. The first kappa shape index (κ1) is 13.4. The second-order valence-corrected chi connectivity index (χ2v) is 5.49. The molecule has 1 unspecified atom stereocenters. The van der Waals surface area contributed by atoms with E-state index < -0.39 is 23.4 Å². The topological polar surface area (TPSA) is 29.1 Å². The Morgan fingerprint density at radius 2 is 1.89 bits per heavy atom. The van der Waals surface area contributed by atoms with Gasteiger partial charge in [0.25, 0.3) is 5.91 Å². The van der Waals surface area contributed by atoms with Crippen LogP contribution in [0.4, 0.5) is 13.2 Å². The number of rotatable bonds is 4. The average Bonchev–Trinajstić information content (AvgIpc) is 3.16. The van der Waals surface area contributed by atoms with Gasteiger partial charge in [-0.15, -0.1) is 0 Å². The second-order valence-electron chi connectivity index (χ2n) is 4.32. The third kappa shape index (κ3) is 3.04. The van der Waals surface area contributed by atoms with E-state index in [0.717, 1.165) is 12.8 Å². The summed E-state index contributed by atoms with van der Waals surface area (Å²) in [7, 11) is 0. The number of benzene rings is 1. The van der Waals surface area contributed by atoms with Crippen molar-refractivity contribution in [3.8, 4) is 0 Å². The smallest absolute Gasteiger partial charge is 0.251 e. The summed E-state index contributed by atoms with van der Waals surface area (Å²) >= 11 is 3.42. The normalized spacial score (nSPS) is 16.4. The molecule has 2 rings (SSSR count). The summed E-state index contributed by atoms with van der Waals surface area (Å²) in [6, 6.07) is 1.38. The summed E-state index contributed by atoms with van der Waals surface area (Å²) in [6.45, 7) is 0.379. The Kier molecular flexibility index (Phi) is 3.94. The van der Waals surface area contributed by atoms with Crippen molar-refractivity contribution in [1.29, 1.82) is 0 Å². The summed E-state index contributed by atoms with van der Waals surface area (Å²) in [5.74, 6) is -4.36. The van der Waals surface area contributed by atoms with Crippen LogP contribution in [0.3, 0.4) is 0 Å². The molecule has 1 aliphatic carbocycles. The number of halogens is 4. The molecule has 1 amide bonds. The Morgan fingerprint density at radius 3 is 2.39 bits per heavy atom. The Balaban J connectivity index is 1.99. The zero-order chi connectivity index (χ0) is 13.3. The highest BCUT2D eigenvalue weighted by atomic mass is 79.9. The summed E-state index contributed by atoms with van der Waals surface area (Å²) in [4.78, 5) is 11.8. The Hall–Kier alpha value is -1.04. The predicted molar refractivity (Wildman–Crippen MR) is 64.1 cm³/mol. The van der Waals surface area contributed by atoms with Gasteiger partial charge in [-0.1, -0.05) is 15.9 Å². The van der Waals surface area contributed by atoms with Crippen molar-refractivity contribution in [2.45, 2.75) is 17.7 Å². The fraction of sp³-hybridized carbons (Fsp3) is 0.417. The van der Waals surface area contributed by atoms with Crippen molar-refractivity contribution in [3.63, 3.8) is 0 Å². The lowest BCUT2D eigenvalue weighted by Gasteiger charge is -2.10. The van der Waals surface area contributed by atoms with Crippen molar-refractivity contribution < 1.29 is 18.0 Å². The molecule has 0 spiro atoms. The predicted octanol–water partition coefficient (Wildman–Crippen LogP) is 3.01. The largest absolute Gasteiger partial charge is 0.351 e. The Morgan fingerprint density at radius 1 is 1.33 bits per heavy atom. The summed E-state index contributed by atoms with van der Waals surface area (Å²) in [5, 5.41) is 2.55. The van der Waals surface area contributed by atoms with Crippen LogP contribution in [-0.2, 0) is 0 Å². The molecule has 0 aliphatic heterocycles. The Labute approximate surface area is 111 Å². The van der Waals surface area contributed by atoms with E-state index in [9.17, 15) is 18.0 Å². The van der Waals surface area contributed by atoms with E-state index in [2.05, 4.69) is 21.2 Å². The van der Waals surface area contributed by atoms with Crippen LogP contribution in [0.25, 0.3) is 0 Å². The zero-order valence-electron chi connectivity index (χ0n) is 9.35. The molecule has 0 radical (unpaired) electrons. The molecular weight excluding hydrogens is 311 g/mol. The molecule has 1 aliphatic rings. The van der Waals surface area contributed by atoms with Crippen molar-refractivity contribution in [1.82, 2.24) is 5.32 Å². The molecule has 1 atom stereocenters. The maximum Gasteiger partial charge on any atom is 0.251 e. The monoisotopic (exact) mass is 321 g/mol. The van der Waals surface area contributed by atoms with E-state index in [1.54, 1.807) is 0 Å². The molecule has 2 nitrogen and oxygen atoms in total. The maximum atomic E-state index is 12.9. The van der Waals surface area contributed by atoms with Gasteiger partial charge in [-0.05, 0) is 30.9 Å². The minimum atomic E-state index is -1.57. The summed E-state index contributed by atoms with van der Waals surface area (Å²) < 4.78 is 38.6. The van der Waals surface area contributed by atoms with Crippen molar-refractivity contribution in [2.24, 2.45) is 5.92 Å². The molecule has 6 heteroatoms. The number of hydrogen-bond acceptors (Lipinski definition) is 1. The molecule has 1 aromatic carbocycles. The molecule has 98 valence electrons. The van der Waals surface area contributed by atoms with E-state index in [4.69, 9.17) is 0 Å². The molecule has 0 heterocycles. The first-order valence-electron chi connectivity index (χ1n) is 5.56. The van der Waals surface area contributed by atoms with E-state index in [1.165, 1.54) is 0 Å². The van der Waals surface area contributed by atoms with Crippen LogP contribution in [0.1, 0.15) is 23.2 Å². The number of carbonyl (C=O) groups excluding carboxylic acids is 1. The third-order valence-electron chi connectivity index (χ3n) is 2.84. The first-order valence-corrected chi connectivity index (χ1v) is 6.47. The molecule has 0 saturated heterocycles. The number of amides is 1. The summed E-state index contributed by atoms with van der Waals surface area (Å²) in [5.41, 5.74) is -0.220. The molecular formula is C12H11BrF3NO. The van der Waals surface area contributed by atoms with Crippen LogP contribution in [-0.4, -0.2) is 17.3 Å². The van der Waals surface area contributed by atoms with Gasteiger partial charge in [0.15, 0.2) is 17.5 Å². The van der Waals surface area contributed by atoms with E-state index in [-0.39, 0.29) is 10.4 Å². The number of nitrogens with one attached hydrogen (secondary N) is 1. The number of carbonyl (C=O) groups is 1. The van der Waals surface area contributed by atoms with Gasteiger partial charge in [0.05, 0.1) is 0 Å². The quantitative estimate of drug-likeness (QED) is 0.670. The highest BCUT2D eigenvalue weighted by Gasteiger charge is 2.29. The van der Waals surface area contributed by atoms with Crippen LogP contribution < -0.4 is 5.32 Å². The van der Waals surface area contributed by atoms with Gasteiger partial charge < -0.3 is 5.32 Å². The van der Waals surface area contributed by atoms with Gasteiger partial charge >= 0.3 is 0 Å². The zero-order valence-corrected chi connectivity index (χ0v) is 10.9. The fourth-order valence-electron chi connectivity index (χ4n) is 1.60. The van der Waals surface area contributed by atoms with E-state index >= 15 is 0 Å². The Bertz CT molecular complexity index is 453. The minimum absolute atomic E-state index is 0.164. The van der Waals surface area contributed by atoms with Gasteiger partial charge in [0.2, 0.25) is 0 Å². The lowest BCUT2D eigenvalue weighted by Crippen LogP contribution is -2.30. The standard InChI is InChI=1S/C12H11BrF3NO/c13-8(6-1-2-6)5-17-12(18)7-3-9(14)11(16)10(15)4-7/h3-4,6,8H,1-2,5H2,(H,17,18). The highest BCUT2D eigenvalue weighted by Crippen LogP contribution is 2.36. The van der Waals surface area contributed by atoms with Crippen LogP contribution in [0.5, 0.6) is 0 Å². The lowest BCUT2D eigenvalue weighted by molar-refractivity contribution is 0.0952. The van der Waals surface area contributed by atoms with Crippen LogP contribution in [0.2, 0.25) is 0 Å². The lowest BCUT2D eigenvalue weighted by atomic mass is 10.2. The molecule has 18 heavy (non-hydrogen) atoms. The van der Waals surface area contributed by atoms with Gasteiger partial charge in [-0.25, -0.2) is 13.2 Å². The molecule has 1 saturated carbocycles. The van der Waals surface area contributed by atoms with Crippen LogP contribution in [0.15, 0.2) is 12.1 Å². The van der Waals surface area contributed by atoms with Crippen molar-refractivity contribution >= 4 is 21.8 Å². The second kappa shape index (κ2) is 5.30. The fourth-order valence-corrected chi connectivity index (χ4v) is 2.29. The number of alkyl halides is 1. The van der Waals surface area contributed by atoms with Gasteiger partial charge in [-0.2, -0.15) is 0 Å². The number of hydrogen-bond donors (Lipinski definition) is 1. The first-order chi connectivity index (χ1) is 8.49. The molecule has 1 aromatic rings. The molecule has 1 N–H and O–H groups in total. The van der Waals surface area contributed by atoms with E-state index in [0.29, 0.717) is 24.6 Å². The molecule has 1 fully saturated rings. The third-order valence-corrected chi connectivity index (χ3v) is 3.91. The maximum absolute atomic E-state index is 12.9. The molecule has 0 bridgehead atoms. The molecule has 0 aromatic heterocycles. The van der Waals surface area contributed by atoms with Gasteiger partial charge in [-0.3, -0.25) is 4.79 Å². The van der Waals surface area contributed by atoms with Gasteiger partial charge in [0.1, 0.15) is 0 Å². The highest BCUT2D eigenvalue weighted by molar-refractivity contribution is 9.09. The van der Waals surface area contributed by atoms with Gasteiger partial charge in [0, 0.05) is 16.9 Å².